The van der Waals surface area contributed by atoms with E-state index in [0.717, 1.165) is 18.4 Å². The number of rotatable bonds is 7. The lowest BCUT2D eigenvalue weighted by molar-refractivity contribution is -0.127. The minimum atomic E-state index is -0.255. The molecular weight excluding hydrogens is 378 g/mol. The van der Waals surface area contributed by atoms with Gasteiger partial charge in [-0.2, -0.15) is 0 Å². The fraction of sp³-hybridized carbons (Fsp3) is 0.304. The van der Waals surface area contributed by atoms with Crippen molar-refractivity contribution in [3.63, 3.8) is 0 Å². The number of nitrogens with zero attached hydrogens (tertiary/aromatic N) is 3. The molecule has 0 spiro atoms. The standard InChI is InChI=1S/C23H27N5O2/c1-3-10-28(11-4-2)23(30)18-12-16-7-8-19(14-20(16)27-21(24)13-18)26-22(29)17-6-5-9-25-15-17/h5-9,12,14-15H,3-4,10-11,13H2,1-2H3,(H2,24,27)(H,26,29). The van der Waals surface area contributed by atoms with Gasteiger partial charge in [0.1, 0.15) is 5.84 Å². The lowest BCUT2D eigenvalue weighted by Crippen LogP contribution is -2.34. The maximum Gasteiger partial charge on any atom is 0.257 e. The van der Waals surface area contributed by atoms with Crippen molar-refractivity contribution >= 4 is 35.1 Å². The summed E-state index contributed by atoms with van der Waals surface area (Å²) in [5, 5.41) is 2.84. The van der Waals surface area contributed by atoms with Crippen LogP contribution in [0, 0.1) is 0 Å². The molecule has 0 radical (unpaired) electrons. The van der Waals surface area contributed by atoms with Gasteiger partial charge in [0.25, 0.3) is 5.91 Å². The zero-order valence-corrected chi connectivity index (χ0v) is 17.4. The molecule has 2 aromatic rings. The minimum absolute atomic E-state index is 0.00124. The monoisotopic (exact) mass is 405 g/mol. The van der Waals surface area contributed by atoms with Crippen LogP contribution in [-0.4, -0.2) is 40.6 Å². The summed E-state index contributed by atoms with van der Waals surface area (Å²) in [7, 11) is 0. The van der Waals surface area contributed by atoms with E-state index >= 15 is 0 Å². The van der Waals surface area contributed by atoms with Crippen LogP contribution >= 0.6 is 0 Å². The van der Waals surface area contributed by atoms with Crippen molar-refractivity contribution in [2.75, 3.05) is 18.4 Å². The van der Waals surface area contributed by atoms with Gasteiger partial charge in [0.05, 0.1) is 11.3 Å². The van der Waals surface area contributed by atoms with Crippen LogP contribution in [0.15, 0.2) is 53.3 Å². The predicted octanol–water partition coefficient (Wildman–Crippen LogP) is 3.76. The maximum absolute atomic E-state index is 13.0. The molecule has 0 aliphatic carbocycles. The van der Waals surface area contributed by atoms with Gasteiger partial charge in [-0.1, -0.05) is 19.9 Å². The van der Waals surface area contributed by atoms with Gasteiger partial charge < -0.3 is 16.0 Å². The summed E-state index contributed by atoms with van der Waals surface area (Å²) in [5.74, 6) is 0.116. The summed E-state index contributed by atoms with van der Waals surface area (Å²) in [6.45, 7) is 5.55. The number of amidine groups is 1. The molecule has 1 aromatic carbocycles. The second-order valence-corrected chi connectivity index (χ2v) is 7.21. The third kappa shape index (κ3) is 5.11. The Morgan fingerprint density at radius 2 is 1.93 bits per heavy atom. The van der Waals surface area contributed by atoms with Crippen molar-refractivity contribution in [3.8, 4) is 0 Å². The van der Waals surface area contributed by atoms with Crippen molar-refractivity contribution in [2.24, 2.45) is 10.7 Å². The van der Waals surface area contributed by atoms with Gasteiger partial charge in [-0.05, 0) is 43.2 Å². The molecule has 1 aliphatic rings. The number of carbonyl (C=O) groups is 2. The van der Waals surface area contributed by atoms with E-state index in [1.54, 1.807) is 30.5 Å². The average Bonchev–Trinajstić information content (AvgIpc) is 2.91. The molecule has 7 nitrogen and oxygen atoms in total. The first kappa shape index (κ1) is 21.2. The van der Waals surface area contributed by atoms with Crippen molar-refractivity contribution < 1.29 is 9.59 Å². The third-order valence-electron chi connectivity index (χ3n) is 4.73. The van der Waals surface area contributed by atoms with Crippen molar-refractivity contribution in [2.45, 2.75) is 33.1 Å². The Morgan fingerprint density at radius 3 is 2.60 bits per heavy atom. The van der Waals surface area contributed by atoms with E-state index in [2.05, 4.69) is 29.1 Å². The highest BCUT2D eigenvalue weighted by molar-refractivity contribution is 6.07. The van der Waals surface area contributed by atoms with E-state index < -0.39 is 0 Å². The number of nitrogens with one attached hydrogen (secondary N) is 1. The first-order valence-corrected chi connectivity index (χ1v) is 10.2. The number of carbonyl (C=O) groups excluding carboxylic acids is 2. The van der Waals surface area contributed by atoms with Crippen LogP contribution in [-0.2, 0) is 4.79 Å². The maximum atomic E-state index is 13.0. The summed E-state index contributed by atoms with van der Waals surface area (Å²) >= 11 is 0. The van der Waals surface area contributed by atoms with Crippen LogP contribution in [0.2, 0.25) is 0 Å². The van der Waals surface area contributed by atoms with Crippen molar-refractivity contribution in [1.82, 2.24) is 9.88 Å². The molecule has 0 atom stereocenters. The summed E-state index contributed by atoms with van der Waals surface area (Å²) in [5.41, 5.74) is 9.23. The van der Waals surface area contributed by atoms with Gasteiger partial charge >= 0.3 is 0 Å². The molecule has 7 heteroatoms. The van der Waals surface area contributed by atoms with E-state index in [9.17, 15) is 9.59 Å². The Kier molecular flexibility index (Phi) is 6.95. The van der Waals surface area contributed by atoms with Crippen molar-refractivity contribution in [1.29, 1.82) is 0 Å². The van der Waals surface area contributed by atoms with E-state index in [0.29, 0.717) is 47.9 Å². The highest BCUT2D eigenvalue weighted by Gasteiger charge is 2.21. The van der Waals surface area contributed by atoms with Gasteiger partial charge in [0, 0.05) is 48.7 Å². The zero-order valence-electron chi connectivity index (χ0n) is 17.4. The molecule has 2 amide bonds. The topological polar surface area (TPSA) is 101 Å². The fourth-order valence-corrected chi connectivity index (χ4v) is 3.36. The fourth-order valence-electron chi connectivity index (χ4n) is 3.36. The smallest absolute Gasteiger partial charge is 0.257 e. The predicted molar refractivity (Wildman–Crippen MR) is 120 cm³/mol. The Bertz CT molecular complexity index is 976. The number of nitrogens with two attached hydrogens (primary N) is 1. The van der Waals surface area contributed by atoms with Gasteiger partial charge in [0.15, 0.2) is 0 Å². The highest BCUT2D eigenvalue weighted by atomic mass is 16.2. The molecule has 2 heterocycles. The third-order valence-corrected chi connectivity index (χ3v) is 4.73. The summed E-state index contributed by atoms with van der Waals surface area (Å²) in [4.78, 5) is 35.7. The molecule has 3 rings (SSSR count). The molecule has 1 aliphatic heterocycles. The van der Waals surface area contributed by atoms with Crippen LogP contribution in [0.25, 0.3) is 6.08 Å². The van der Waals surface area contributed by atoms with Crippen molar-refractivity contribution in [3.05, 3.63) is 59.4 Å². The van der Waals surface area contributed by atoms with Crippen LogP contribution in [0.5, 0.6) is 0 Å². The van der Waals surface area contributed by atoms with Gasteiger partial charge in [-0.3, -0.25) is 14.6 Å². The number of aliphatic imine (C=N–C) groups is 1. The highest BCUT2D eigenvalue weighted by Crippen LogP contribution is 2.30. The number of pyridine rings is 1. The quantitative estimate of drug-likeness (QED) is 0.732. The minimum Gasteiger partial charge on any atom is -0.387 e. The second-order valence-electron chi connectivity index (χ2n) is 7.21. The second kappa shape index (κ2) is 9.82. The lowest BCUT2D eigenvalue weighted by Gasteiger charge is -2.22. The molecule has 30 heavy (non-hydrogen) atoms. The molecule has 0 fully saturated rings. The molecule has 0 saturated carbocycles. The Morgan fingerprint density at radius 1 is 1.17 bits per heavy atom. The van der Waals surface area contributed by atoms with E-state index in [1.807, 2.05) is 17.0 Å². The molecule has 0 unspecified atom stereocenters. The van der Waals surface area contributed by atoms with Gasteiger partial charge in [-0.15, -0.1) is 0 Å². The van der Waals surface area contributed by atoms with Crippen LogP contribution in [0.4, 0.5) is 11.4 Å². The Hall–Kier alpha value is -3.48. The Balaban J connectivity index is 1.86. The molecule has 3 N–H and O–H groups in total. The van der Waals surface area contributed by atoms with Crippen LogP contribution in [0.3, 0.4) is 0 Å². The number of anilines is 1. The molecule has 156 valence electrons. The summed E-state index contributed by atoms with van der Waals surface area (Å²) < 4.78 is 0. The van der Waals surface area contributed by atoms with Crippen LogP contribution in [0.1, 0.15) is 49.0 Å². The zero-order chi connectivity index (χ0) is 21.5. The summed E-state index contributed by atoms with van der Waals surface area (Å²) in [6.07, 6.45) is 7.08. The Labute approximate surface area is 176 Å². The number of hydrogen-bond donors (Lipinski definition) is 2. The molecule has 1 aromatic heterocycles. The number of hydrogen-bond acceptors (Lipinski definition) is 5. The first-order chi connectivity index (χ1) is 14.5. The van der Waals surface area contributed by atoms with Crippen LogP contribution < -0.4 is 11.1 Å². The largest absolute Gasteiger partial charge is 0.387 e. The lowest BCUT2D eigenvalue weighted by atomic mass is 10.1. The first-order valence-electron chi connectivity index (χ1n) is 10.2. The molecular formula is C23H27N5O2. The SMILES string of the molecule is CCCN(CCC)C(=O)C1=Cc2ccc(NC(=O)c3cccnc3)cc2N=C(N)C1. The molecule has 0 bridgehead atoms. The number of benzene rings is 1. The number of amides is 2. The van der Waals surface area contributed by atoms with E-state index in [4.69, 9.17) is 5.73 Å². The normalized spacial score (nSPS) is 12.9. The molecule has 0 saturated heterocycles. The summed E-state index contributed by atoms with van der Waals surface area (Å²) in [6, 6.07) is 8.80. The average molecular weight is 406 g/mol. The number of aromatic nitrogens is 1. The van der Waals surface area contributed by atoms with Gasteiger partial charge in [-0.25, -0.2) is 4.99 Å². The van der Waals surface area contributed by atoms with E-state index in [-0.39, 0.29) is 11.8 Å². The van der Waals surface area contributed by atoms with Gasteiger partial charge in [0.2, 0.25) is 5.91 Å². The number of fused-ring (bicyclic) bond motifs is 1. The van der Waals surface area contributed by atoms with E-state index in [1.165, 1.54) is 6.20 Å².